The lowest BCUT2D eigenvalue weighted by Crippen LogP contribution is -2.09. The van der Waals surface area contributed by atoms with Crippen molar-refractivity contribution in [3.63, 3.8) is 0 Å². The van der Waals surface area contributed by atoms with Gasteiger partial charge < -0.3 is 15.6 Å². The lowest BCUT2D eigenvalue weighted by molar-refractivity contribution is -0.132. The summed E-state index contributed by atoms with van der Waals surface area (Å²) in [6.45, 7) is 0. The van der Waals surface area contributed by atoms with Crippen LogP contribution in [0.5, 0.6) is 5.75 Å². The average molecular weight is 218 g/mol. The fraction of sp³-hybridized carbons (Fsp3) is 0.0909. The molecule has 0 aliphatic heterocycles. The van der Waals surface area contributed by atoms with Crippen molar-refractivity contribution >= 4 is 12.0 Å². The van der Waals surface area contributed by atoms with Crippen molar-refractivity contribution in [2.75, 3.05) is 7.11 Å². The summed E-state index contributed by atoms with van der Waals surface area (Å²) in [6, 6.07) is 6.62. The molecule has 0 radical (unpaired) electrons. The largest absolute Gasteiger partial charge is 0.496 e. The van der Waals surface area contributed by atoms with Crippen molar-refractivity contribution in [2.24, 2.45) is 5.73 Å². The van der Waals surface area contributed by atoms with E-state index in [1.807, 2.05) is 6.07 Å². The molecule has 0 saturated carbocycles. The van der Waals surface area contributed by atoms with Crippen LogP contribution in [0.3, 0.4) is 0 Å². The van der Waals surface area contributed by atoms with Gasteiger partial charge in [-0.2, -0.15) is 5.26 Å². The number of carbonyl (C=O) groups is 1. The third-order valence-electron chi connectivity index (χ3n) is 1.92. The van der Waals surface area contributed by atoms with Crippen LogP contribution < -0.4 is 10.5 Å². The van der Waals surface area contributed by atoms with Gasteiger partial charge in [-0.25, -0.2) is 4.79 Å². The molecule has 3 N–H and O–H groups in total. The van der Waals surface area contributed by atoms with E-state index >= 15 is 0 Å². The van der Waals surface area contributed by atoms with E-state index in [1.165, 1.54) is 19.3 Å². The van der Waals surface area contributed by atoms with Gasteiger partial charge in [-0.05, 0) is 24.3 Å². The number of hydrogen-bond donors (Lipinski definition) is 2. The molecule has 0 spiro atoms. The summed E-state index contributed by atoms with van der Waals surface area (Å²) in [6.07, 6.45) is 1.25. The van der Waals surface area contributed by atoms with E-state index in [0.29, 0.717) is 16.9 Å². The molecule has 1 aromatic carbocycles. The summed E-state index contributed by atoms with van der Waals surface area (Å²) >= 11 is 0. The number of nitriles is 1. The number of carboxylic acids is 1. The Balaban J connectivity index is 3.25. The Morgan fingerprint density at radius 1 is 1.62 bits per heavy atom. The highest BCUT2D eigenvalue weighted by molar-refractivity contribution is 5.91. The third kappa shape index (κ3) is 2.51. The molecule has 5 heteroatoms. The van der Waals surface area contributed by atoms with Gasteiger partial charge in [-0.1, -0.05) is 0 Å². The standard InChI is InChI=1S/C11H10N2O3/c1-16-10-3-2-7(6-12)4-8(10)5-9(13)11(14)15/h2-5H,13H2,1H3,(H,14,15)/b9-5+. The second-order valence-electron chi connectivity index (χ2n) is 2.97. The van der Waals surface area contributed by atoms with Crippen molar-refractivity contribution in [2.45, 2.75) is 0 Å². The van der Waals surface area contributed by atoms with E-state index in [2.05, 4.69) is 0 Å². The van der Waals surface area contributed by atoms with Crippen LogP contribution in [0.1, 0.15) is 11.1 Å². The van der Waals surface area contributed by atoms with E-state index in [-0.39, 0.29) is 5.70 Å². The van der Waals surface area contributed by atoms with Gasteiger partial charge in [-0.15, -0.1) is 0 Å². The van der Waals surface area contributed by atoms with Crippen LogP contribution >= 0.6 is 0 Å². The minimum Gasteiger partial charge on any atom is -0.496 e. The van der Waals surface area contributed by atoms with Gasteiger partial charge in [0.2, 0.25) is 0 Å². The monoisotopic (exact) mass is 218 g/mol. The summed E-state index contributed by atoms with van der Waals surface area (Å²) in [5.74, 6) is -0.757. The summed E-state index contributed by atoms with van der Waals surface area (Å²) in [5.41, 5.74) is 5.84. The van der Waals surface area contributed by atoms with Gasteiger partial charge in [0, 0.05) is 5.56 Å². The fourth-order valence-corrected chi connectivity index (χ4v) is 1.15. The van der Waals surface area contributed by atoms with Gasteiger partial charge in [0.15, 0.2) is 0 Å². The molecule has 0 unspecified atom stereocenters. The maximum absolute atomic E-state index is 10.6. The Bertz CT molecular complexity index is 486. The van der Waals surface area contributed by atoms with E-state index in [9.17, 15) is 4.79 Å². The van der Waals surface area contributed by atoms with Crippen molar-refractivity contribution in [1.29, 1.82) is 5.26 Å². The maximum atomic E-state index is 10.6. The molecule has 1 aromatic rings. The summed E-state index contributed by atoms with van der Waals surface area (Å²) in [4.78, 5) is 10.6. The lowest BCUT2D eigenvalue weighted by Gasteiger charge is -2.05. The van der Waals surface area contributed by atoms with Gasteiger partial charge >= 0.3 is 5.97 Å². The molecule has 0 aliphatic carbocycles. The number of nitrogens with zero attached hydrogens (tertiary/aromatic N) is 1. The molecule has 1 rings (SSSR count). The summed E-state index contributed by atoms with van der Waals surface area (Å²) in [7, 11) is 1.45. The zero-order valence-corrected chi connectivity index (χ0v) is 8.60. The van der Waals surface area contributed by atoms with Crippen molar-refractivity contribution in [1.82, 2.24) is 0 Å². The molecule has 0 heterocycles. The lowest BCUT2D eigenvalue weighted by atomic mass is 10.1. The highest BCUT2D eigenvalue weighted by atomic mass is 16.5. The molecule has 5 nitrogen and oxygen atoms in total. The Morgan fingerprint density at radius 3 is 2.81 bits per heavy atom. The maximum Gasteiger partial charge on any atom is 0.351 e. The molecule has 0 aliphatic rings. The number of ether oxygens (including phenoxy) is 1. The fourth-order valence-electron chi connectivity index (χ4n) is 1.15. The van der Waals surface area contributed by atoms with Gasteiger partial charge in [-0.3, -0.25) is 0 Å². The van der Waals surface area contributed by atoms with Crippen molar-refractivity contribution < 1.29 is 14.6 Å². The van der Waals surface area contributed by atoms with Crippen LogP contribution in [-0.2, 0) is 4.79 Å². The van der Waals surface area contributed by atoms with Gasteiger partial charge in [0.25, 0.3) is 0 Å². The van der Waals surface area contributed by atoms with E-state index in [1.54, 1.807) is 12.1 Å². The second-order valence-corrected chi connectivity index (χ2v) is 2.97. The van der Waals surface area contributed by atoms with Crippen LogP contribution in [0.2, 0.25) is 0 Å². The van der Waals surface area contributed by atoms with Crippen LogP contribution in [0.4, 0.5) is 0 Å². The first-order valence-corrected chi connectivity index (χ1v) is 4.37. The third-order valence-corrected chi connectivity index (χ3v) is 1.92. The quantitative estimate of drug-likeness (QED) is 0.736. The predicted octanol–water partition coefficient (Wildman–Crippen LogP) is 0.951. The minimum absolute atomic E-state index is 0.312. The molecular formula is C11H10N2O3. The number of carboxylic acid groups (broad SMARTS) is 1. The van der Waals surface area contributed by atoms with Gasteiger partial charge in [0.1, 0.15) is 11.4 Å². The average Bonchev–Trinajstić information content (AvgIpc) is 2.28. The number of methoxy groups -OCH3 is 1. The van der Waals surface area contributed by atoms with Crippen LogP contribution in [0.15, 0.2) is 23.9 Å². The first-order valence-electron chi connectivity index (χ1n) is 4.37. The first-order chi connectivity index (χ1) is 7.58. The van der Waals surface area contributed by atoms with Gasteiger partial charge in [0.05, 0.1) is 18.7 Å². The smallest absolute Gasteiger partial charge is 0.351 e. The molecule has 0 bridgehead atoms. The molecule has 0 amide bonds. The highest BCUT2D eigenvalue weighted by Crippen LogP contribution is 2.21. The number of nitrogens with two attached hydrogens (primary N) is 1. The molecule has 0 aromatic heterocycles. The number of hydrogen-bond acceptors (Lipinski definition) is 4. The Hall–Kier alpha value is -2.48. The van der Waals surface area contributed by atoms with Crippen molar-refractivity contribution in [3.05, 3.63) is 35.0 Å². The Morgan fingerprint density at radius 2 is 2.31 bits per heavy atom. The van der Waals surface area contributed by atoms with Crippen molar-refractivity contribution in [3.8, 4) is 11.8 Å². The highest BCUT2D eigenvalue weighted by Gasteiger charge is 2.06. The van der Waals surface area contributed by atoms with Crippen LogP contribution in [0.25, 0.3) is 6.08 Å². The number of rotatable bonds is 3. The summed E-state index contributed by atoms with van der Waals surface area (Å²) < 4.78 is 5.02. The molecular weight excluding hydrogens is 208 g/mol. The first kappa shape index (κ1) is 11.6. The zero-order chi connectivity index (χ0) is 12.1. The Labute approximate surface area is 92.4 Å². The summed E-state index contributed by atoms with van der Waals surface area (Å²) in [5, 5.41) is 17.3. The Kier molecular flexibility index (Phi) is 3.51. The molecule has 82 valence electrons. The molecule has 16 heavy (non-hydrogen) atoms. The topological polar surface area (TPSA) is 96.3 Å². The molecule has 0 atom stereocenters. The number of aliphatic carboxylic acids is 1. The number of benzene rings is 1. The molecule has 0 fully saturated rings. The van der Waals surface area contributed by atoms with Crippen LogP contribution in [-0.4, -0.2) is 18.2 Å². The van der Waals surface area contributed by atoms with E-state index in [4.69, 9.17) is 20.8 Å². The molecule has 0 saturated heterocycles. The van der Waals surface area contributed by atoms with E-state index < -0.39 is 5.97 Å². The normalized spacial score (nSPS) is 10.6. The SMILES string of the molecule is COc1ccc(C#N)cc1/C=C(/N)C(=O)O. The second kappa shape index (κ2) is 4.84. The van der Waals surface area contributed by atoms with E-state index in [0.717, 1.165) is 0 Å². The van der Waals surface area contributed by atoms with Crippen LogP contribution in [0, 0.1) is 11.3 Å². The zero-order valence-electron chi connectivity index (χ0n) is 8.60. The minimum atomic E-state index is -1.22. The predicted molar refractivity (Wildman–Crippen MR) is 57.5 cm³/mol.